The summed E-state index contributed by atoms with van der Waals surface area (Å²) in [7, 11) is 0. The van der Waals surface area contributed by atoms with E-state index in [-0.39, 0.29) is 11.7 Å². The largest absolute Gasteiger partial charge is 0.318 e. The lowest BCUT2D eigenvalue weighted by Gasteiger charge is -2.14. The Morgan fingerprint density at radius 1 is 1.36 bits per heavy atom. The highest BCUT2D eigenvalue weighted by Crippen LogP contribution is 2.16. The number of benzene rings is 1. The lowest BCUT2D eigenvalue weighted by Crippen LogP contribution is -2.26. The van der Waals surface area contributed by atoms with Gasteiger partial charge in [0.2, 0.25) is 0 Å². The zero-order valence-electron chi connectivity index (χ0n) is 8.73. The van der Waals surface area contributed by atoms with Gasteiger partial charge in [0.1, 0.15) is 0 Å². The van der Waals surface area contributed by atoms with Crippen LogP contribution in [0.4, 0.5) is 0 Å². The average molecular weight is 191 g/mol. The van der Waals surface area contributed by atoms with Gasteiger partial charge in [-0.3, -0.25) is 4.79 Å². The quantitative estimate of drug-likeness (QED) is 0.793. The molecule has 2 nitrogen and oxygen atoms in total. The maximum Gasteiger partial charge on any atom is 0.156 e. The number of hydrogen-bond acceptors (Lipinski definition) is 2. The zero-order valence-corrected chi connectivity index (χ0v) is 8.73. The average Bonchev–Trinajstić information content (AvgIpc) is 2.27. The zero-order chi connectivity index (χ0) is 10.6. The molecule has 2 N–H and O–H groups in total. The van der Waals surface area contributed by atoms with Crippen LogP contribution in [0.5, 0.6) is 0 Å². The maximum atomic E-state index is 11.7. The molecule has 0 aromatic heterocycles. The van der Waals surface area contributed by atoms with Crippen LogP contribution in [0.25, 0.3) is 0 Å². The van der Waals surface area contributed by atoms with Gasteiger partial charge in [-0.1, -0.05) is 44.2 Å². The highest BCUT2D eigenvalue weighted by atomic mass is 16.1. The van der Waals surface area contributed by atoms with Crippen LogP contribution in [0.2, 0.25) is 0 Å². The minimum absolute atomic E-state index is 0.0465. The Labute approximate surface area is 85.1 Å². The Hall–Kier alpha value is -1.15. The van der Waals surface area contributed by atoms with E-state index in [0.29, 0.717) is 0 Å². The Balaban J connectivity index is 2.76. The lowest BCUT2D eigenvalue weighted by molar-refractivity contribution is -0.123. The number of Topliss-reactive ketones (excluding diaryl/α,β-unsaturated/α-hetero) is 1. The van der Waals surface area contributed by atoms with Gasteiger partial charge in [-0.15, -0.1) is 0 Å². The molecule has 1 aromatic carbocycles. The van der Waals surface area contributed by atoms with Gasteiger partial charge >= 0.3 is 0 Å². The van der Waals surface area contributed by atoms with Crippen molar-refractivity contribution in [2.45, 2.75) is 26.3 Å². The highest BCUT2D eigenvalue weighted by Gasteiger charge is 2.19. The van der Waals surface area contributed by atoms with Crippen LogP contribution in [0.15, 0.2) is 30.3 Å². The van der Waals surface area contributed by atoms with Crippen molar-refractivity contribution in [3.8, 4) is 0 Å². The van der Waals surface area contributed by atoms with Crippen LogP contribution >= 0.6 is 0 Å². The molecule has 0 aliphatic heterocycles. The Morgan fingerprint density at radius 3 is 2.43 bits per heavy atom. The number of rotatable bonds is 4. The number of carbonyl (C=O) groups is 1. The Kier molecular flexibility index (Phi) is 3.84. The summed E-state index contributed by atoms with van der Waals surface area (Å²) in [6.45, 7) is 3.92. The maximum absolute atomic E-state index is 11.7. The molecule has 76 valence electrons. The van der Waals surface area contributed by atoms with Crippen LogP contribution in [-0.4, -0.2) is 5.78 Å². The van der Waals surface area contributed by atoms with Crippen molar-refractivity contribution in [1.29, 1.82) is 0 Å². The standard InChI is InChI=1S/C12H17NO/c1-3-9(2)12(14)11(13)10-7-5-4-6-8-10/h4-9,11H,3,13H2,1-2H3. The van der Waals surface area contributed by atoms with E-state index in [1.165, 1.54) is 0 Å². The third-order valence-corrected chi connectivity index (χ3v) is 2.56. The van der Waals surface area contributed by atoms with Crippen molar-refractivity contribution in [1.82, 2.24) is 0 Å². The van der Waals surface area contributed by atoms with Gasteiger partial charge in [0.25, 0.3) is 0 Å². The second-order valence-corrected chi connectivity index (χ2v) is 3.60. The minimum atomic E-state index is -0.467. The number of ketones is 1. The molecule has 0 heterocycles. The summed E-state index contributed by atoms with van der Waals surface area (Å²) in [6, 6.07) is 9.05. The molecule has 0 aliphatic rings. The molecule has 0 saturated heterocycles. The van der Waals surface area contributed by atoms with Crippen molar-refractivity contribution in [2.75, 3.05) is 0 Å². The molecule has 1 aromatic rings. The molecule has 0 saturated carbocycles. The van der Waals surface area contributed by atoms with Crippen LogP contribution in [0.1, 0.15) is 31.9 Å². The van der Waals surface area contributed by atoms with Gasteiger partial charge in [-0.05, 0) is 12.0 Å². The van der Waals surface area contributed by atoms with Gasteiger partial charge in [0.15, 0.2) is 5.78 Å². The number of hydrogen-bond donors (Lipinski definition) is 1. The van der Waals surface area contributed by atoms with E-state index in [9.17, 15) is 4.79 Å². The smallest absolute Gasteiger partial charge is 0.156 e. The molecule has 1 rings (SSSR count). The van der Waals surface area contributed by atoms with Crippen LogP contribution in [0.3, 0.4) is 0 Å². The SMILES string of the molecule is CCC(C)C(=O)C(N)c1ccccc1. The van der Waals surface area contributed by atoms with Crippen LogP contribution < -0.4 is 5.73 Å². The summed E-state index contributed by atoms with van der Waals surface area (Å²) in [6.07, 6.45) is 0.847. The van der Waals surface area contributed by atoms with Gasteiger partial charge in [-0.2, -0.15) is 0 Å². The fourth-order valence-corrected chi connectivity index (χ4v) is 1.33. The normalized spacial score (nSPS) is 14.8. The second kappa shape index (κ2) is 4.91. The van der Waals surface area contributed by atoms with Crippen molar-refractivity contribution in [3.63, 3.8) is 0 Å². The monoisotopic (exact) mass is 191 g/mol. The molecular weight excluding hydrogens is 174 g/mol. The summed E-state index contributed by atoms with van der Waals surface area (Å²) in [5, 5.41) is 0. The molecular formula is C12H17NO. The molecule has 2 atom stereocenters. The van der Waals surface area contributed by atoms with Crippen molar-refractivity contribution < 1.29 is 4.79 Å². The third-order valence-electron chi connectivity index (χ3n) is 2.56. The molecule has 0 radical (unpaired) electrons. The fourth-order valence-electron chi connectivity index (χ4n) is 1.33. The molecule has 0 aliphatic carbocycles. The summed E-state index contributed by atoms with van der Waals surface area (Å²) in [4.78, 5) is 11.7. The first-order valence-corrected chi connectivity index (χ1v) is 5.01. The summed E-state index contributed by atoms with van der Waals surface area (Å²) in [5.74, 6) is 0.170. The number of carbonyl (C=O) groups excluding carboxylic acids is 1. The topological polar surface area (TPSA) is 43.1 Å². The fraction of sp³-hybridized carbons (Fsp3) is 0.417. The predicted octanol–water partition coefficient (Wildman–Crippen LogP) is 2.30. The lowest BCUT2D eigenvalue weighted by atomic mass is 9.93. The van der Waals surface area contributed by atoms with Crippen molar-refractivity contribution >= 4 is 5.78 Å². The van der Waals surface area contributed by atoms with Gasteiger partial charge in [0, 0.05) is 5.92 Å². The first-order valence-electron chi connectivity index (χ1n) is 5.01. The van der Waals surface area contributed by atoms with Gasteiger partial charge in [0.05, 0.1) is 6.04 Å². The van der Waals surface area contributed by atoms with E-state index in [2.05, 4.69) is 0 Å². The second-order valence-electron chi connectivity index (χ2n) is 3.60. The first-order chi connectivity index (χ1) is 6.66. The Morgan fingerprint density at radius 2 is 1.93 bits per heavy atom. The summed E-state index contributed by atoms with van der Waals surface area (Å²) >= 11 is 0. The van der Waals surface area contributed by atoms with Crippen LogP contribution in [0, 0.1) is 5.92 Å². The van der Waals surface area contributed by atoms with E-state index in [1.54, 1.807) is 0 Å². The van der Waals surface area contributed by atoms with Gasteiger partial charge in [-0.25, -0.2) is 0 Å². The van der Waals surface area contributed by atoms with E-state index in [0.717, 1.165) is 12.0 Å². The molecule has 2 unspecified atom stereocenters. The van der Waals surface area contributed by atoms with E-state index in [1.807, 2.05) is 44.2 Å². The minimum Gasteiger partial charge on any atom is -0.318 e. The molecule has 0 fully saturated rings. The Bertz CT molecular complexity index is 294. The summed E-state index contributed by atoms with van der Waals surface area (Å²) < 4.78 is 0. The molecule has 2 heteroatoms. The van der Waals surface area contributed by atoms with E-state index in [4.69, 9.17) is 5.73 Å². The highest BCUT2D eigenvalue weighted by molar-refractivity contribution is 5.86. The molecule has 14 heavy (non-hydrogen) atoms. The number of nitrogens with two attached hydrogens (primary N) is 1. The molecule has 0 spiro atoms. The molecule has 0 amide bonds. The van der Waals surface area contributed by atoms with E-state index >= 15 is 0 Å². The van der Waals surface area contributed by atoms with Crippen molar-refractivity contribution in [2.24, 2.45) is 11.7 Å². The van der Waals surface area contributed by atoms with Gasteiger partial charge < -0.3 is 5.73 Å². The summed E-state index contributed by atoms with van der Waals surface area (Å²) in [5.41, 5.74) is 6.77. The first kappa shape index (κ1) is 10.9. The predicted molar refractivity (Wildman–Crippen MR) is 57.8 cm³/mol. The van der Waals surface area contributed by atoms with Crippen molar-refractivity contribution in [3.05, 3.63) is 35.9 Å². The van der Waals surface area contributed by atoms with E-state index < -0.39 is 6.04 Å². The third kappa shape index (κ3) is 2.42. The molecule has 0 bridgehead atoms. The van der Waals surface area contributed by atoms with Crippen LogP contribution in [-0.2, 0) is 4.79 Å².